The van der Waals surface area contributed by atoms with Crippen LogP contribution in [0.2, 0.25) is 0 Å². The van der Waals surface area contributed by atoms with Crippen LogP contribution < -0.4 is 4.90 Å². The van der Waals surface area contributed by atoms with Gasteiger partial charge in [-0.25, -0.2) is 0 Å². The molecule has 1 atom stereocenters. The van der Waals surface area contributed by atoms with Crippen molar-refractivity contribution in [3.8, 4) is 11.1 Å². The van der Waals surface area contributed by atoms with Gasteiger partial charge < -0.3 is 14.7 Å². The number of nitrogens with zero attached hydrogens (tertiary/aromatic N) is 1. The Morgan fingerprint density at radius 1 is 1.16 bits per heavy atom. The number of aliphatic hydroxyl groups excluding tert-OH is 1. The van der Waals surface area contributed by atoms with Crippen LogP contribution in [0.25, 0.3) is 11.1 Å². The van der Waals surface area contributed by atoms with E-state index in [0.717, 1.165) is 12.1 Å². The molecule has 5 heteroatoms. The first-order valence-corrected chi connectivity index (χ1v) is 8.46. The van der Waals surface area contributed by atoms with Gasteiger partial charge in [0.05, 0.1) is 12.5 Å². The molecular formula is C20H19NO4. The molecule has 2 aromatic carbocycles. The van der Waals surface area contributed by atoms with Crippen molar-refractivity contribution in [2.75, 3.05) is 24.7 Å². The van der Waals surface area contributed by atoms with Crippen LogP contribution in [-0.4, -0.2) is 36.7 Å². The summed E-state index contributed by atoms with van der Waals surface area (Å²) < 4.78 is 4.96. The van der Waals surface area contributed by atoms with E-state index in [1.54, 1.807) is 4.90 Å². The van der Waals surface area contributed by atoms with Gasteiger partial charge >= 0.3 is 5.97 Å². The fourth-order valence-electron chi connectivity index (χ4n) is 3.68. The molecule has 0 unspecified atom stereocenters. The number of esters is 1. The Morgan fingerprint density at radius 2 is 1.96 bits per heavy atom. The largest absolute Gasteiger partial charge is 0.463 e. The summed E-state index contributed by atoms with van der Waals surface area (Å²) in [6.07, 6.45) is 1.02. The third-order valence-electron chi connectivity index (χ3n) is 4.88. The molecule has 0 aromatic heterocycles. The highest BCUT2D eigenvalue weighted by Crippen LogP contribution is 2.39. The first kappa shape index (κ1) is 15.8. The van der Waals surface area contributed by atoms with Gasteiger partial charge in [0.2, 0.25) is 5.91 Å². The van der Waals surface area contributed by atoms with Gasteiger partial charge in [0.25, 0.3) is 0 Å². The van der Waals surface area contributed by atoms with Crippen molar-refractivity contribution in [1.29, 1.82) is 0 Å². The van der Waals surface area contributed by atoms with Crippen LogP contribution in [0, 0.1) is 5.92 Å². The highest BCUT2D eigenvalue weighted by Gasteiger charge is 2.36. The highest BCUT2D eigenvalue weighted by atomic mass is 16.5. The van der Waals surface area contributed by atoms with Gasteiger partial charge in [-0.05, 0) is 40.8 Å². The minimum Gasteiger partial charge on any atom is -0.463 e. The van der Waals surface area contributed by atoms with Crippen LogP contribution in [0.3, 0.4) is 0 Å². The molecule has 0 radical (unpaired) electrons. The molecule has 25 heavy (non-hydrogen) atoms. The van der Waals surface area contributed by atoms with Crippen LogP contribution in [-0.2, 0) is 20.7 Å². The molecule has 128 valence electrons. The molecule has 5 nitrogen and oxygen atoms in total. The summed E-state index contributed by atoms with van der Waals surface area (Å²) >= 11 is 0. The lowest BCUT2D eigenvalue weighted by atomic mass is 10.1. The zero-order chi connectivity index (χ0) is 17.4. The molecule has 1 aliphatic heterocycles. The molecule has 4 rings (SSSR count). The zero-order valence-electron chi connectivity index (χ0n) is 13.8. The van der Waals surface area contributed by atoms with E-state index in [0.29, 0.717) is 6.54 Å². The van der Waals surface area contributed by atoms with E-state index in [4.69, 9.17) is 9.84 Å². The molecule has 0 bridgehead atoms. The predicted molar refractivity (Wildman–Crippen MR) is 93.2 cm³/mol. The summed E-state index contributed by atoms with van der Waals surface area (Å²) in [5.74, 6) is -0.954. The predicted octanol–water partition coefficient (Wildman–Crippen LogP) is 2.15. The van der Waals surface area contributed by atoms with Crippen LogP contribution in [0.1, 0.15) is 17.5 Å². The van der Waals surface area contributed by atoms with Crippen LogP contribution in [0.5, 0.6) is 0 Å². The number of hydrogen-bond donors (Lipinski definition) is 1. The highest BCUT2D eigenvalue weighted by molar-refractivity contribution is 6.00. The quantitative estimate of drug-likeness (QED) is 0.741. The summed E-state index contributed by atoms with van der Waals surface area (Å²) in [6.45, 7) is 0.0942. The smallest absolute Gasteiger partial charge is 0.311 e. The Kier molecular flexibility index (Phi) is 4.01. The normalized spacial score (nSPS) is 18.2. The van der Waals surface area contributed by atoms with Gasteiger partial charge in [0.1, 0.15) is 6.61 Å². The lowest BCUT2D eigenvalue weighted by molar-refractivity contribution is -0.149. The van der Waals surface area contributed by atoms with Gasteiger partial charge in [-0.15, -0.1) is 0 Å². The lowest BCUT2D eigenvalue weighted by Gasteiger charge is -2.17. The van der Waals surface area contributed by atoms with Crippen molar-refractivity contribution in [3.63, 3.8) is 0 Å². The number of rotatable bonds is 4. The SMILES string of the molecule is O=C(OCCO)[C@@H]1CC(=O)N(c2ccc3c(c2)Cc2ccccc2-3)C1. The van der Waals surface area contributed by atoms with E-state index in [1.807, 2.05) is 18.2 Å². The van der Waals surface area contributed by atoms with E-state index in [2.05, 4.69) is 24.3 Å². The Bertz CT molecular complexity index is 845. The van der Waals surface area contributed by atoms with Crippen LogP contribution >= 0.6 is 0 Å². The minimum absolute atomic E-state index is 0.0272. The summed E-state index contributed by atoms with van der Waals surface area (Å²) in [6, 6.07) is 14.4. The average Bonchev–Trinajstić information content (AvgIpc) is 3.19. The van der Waals surface area contributed by atoms with E-state index < -0.39 is 11.9 Å². The standard InChI is InChI=1S/C20H19NO4/c22-7-8-25-20(24)15-11-19(23)21(12-15)16-5-6-18-14(10-16)9-13-3-1-2-4-17(13)18/h1-6,10,15,22H,7-9,11-12H2/t15-/m1/s1. The fourth-order valence-corrected chi connectivity index (χ4v) is 3.68. The second kappa shape index (κ2) is 6.33. The maximum absolute atomic E-state index is 12.4. The second-order valence-corrected chi connectivity index (χ2v) is 6.47. The van der Waals surface area contributed by atoms with Gasteiger partial charge in [0.15, 0.2) is 0 Å². The minimum atomic E-state index is -0.468. The first-order chi connectivity index (χ1) is 12.2. The third kappa shape index (κ3) is 2.81. The molecule has 1 fully saturated rings. The molecule has 2 aliphatic rings. The van der Waals surface area contributed by atoms with Gasteiger partial charge in [-0.2, -0.15) is 0 Å². The van der Waals surface area contributed by atoms with Crippen molar-refractivity contribution in [1.82, 2.24) is 0 Å². The number of hydrogen-bond acceptors (Lipinski definition) is 4. The molecule has 1 amide bonds. The fraction of sp³-hybridized carbons (Fsp3) is 0.300. The number of benzene rings is 2. The summed E-state index contributed by atoms with van der Waals surface area (Å²) in [4.78, 5) is 26.0. The number of carbonyl (C=O) groups is 2. The zero-order valence-corrected chi connectivity index (χ0v) is 13.8. The Hall–Kier alpha value is -2.66. The Labute approximate surface area is 145 Å². The van der Waals surface area contributed by atoms with Crippen LogP contribution in [0.4, 0.5) is 5.69 Å². The lowest BCUT2D eigenvalue weighted by Crippen LogP contribution is -2.26. The van der Waals surface area contributed by atoms with Crippen molar-refractivity contribution < 1.29 is 19.4 Å². The maximum atomic E-state index is 12.4. The summed E-state index contributed by atoms with van der Waals surface area (Å²) in [5.41, 5.74) is 5.80. The van der Waals surface area contributed by atoms with Gasteiger partial charge in [0, 0.05) is 18.7 Å². The number of anilines is 1. The van der Waals surface area contributed by atoms with Crippen LogP contribution in [0.15, 0.2) is 42.5 Å². The van der Waals surface area contributed by atoms with Crippen molar-refractivity contribution >= 4 is 17.6 Å². The maximum Gasteiger partial charge on any atom is 0.311 e. The molecule has 1 heterocycles. The topological polar surface area (TPSA) is 66.8 Å². The number of carbonyl (C=O) groups excluding carboxylic acids is 2. The summed E-state index contributed by atoms with van der Waals surface area (Å²) in [5, 5.41) is 8.75. The average molecular weight is 337 g/mol. The molecule has 2 aromatic rings. The summed E-state index contributed by atoms with van der Waals surface area (Å²) in [7, 11) is 0. The number of fused-ring (bicyclic) bond motifs is 3. The number of ether oxygens (including phenoxy) is 1. The van der Waals surface area contributed by atoms with Crippen molar-refractivity contribution in [2.45, 2.75) is 12.8 Å². The van der Waals surface area contributed by atoms with Crippen molar-refractivity contribution in [2.24, 2.45) is 5.92 Å². The molecule has 1 aliphatic carbocycles. The Morgan fingerprint density at radius 3 is 2.80 bits per heavy atom. The third-order valence-corrected chi connectivity index (χ3v) is 4.88. The second-order valence-electron chi connectivity index (χ2n) is 6.47. The van der Waals surface area contributed by atoms with E-state index in [9.17, 15) is 9.59 Å². The molecule has 1 N–H and O–H groups in total. The monoisotopic (exact) mass is 337 g/mol. The number of aliphatic hydroxyl groups is 1. The molecule has 0 spiro atoms. The number of amides is 1. The molecule has 1 saturated heterocycles. The molecule has 0 saturated carbocycles. The van der Waals surface area contributed by atoms with E-state index in [-0.39, 0.29) is 25.5 Å². The van der Waals surface area contributed by atoms with E-state index in [1.165, 1.54) is 22.3 Å². The van der Waals surface area contributed by atoms with Crippen molar-refractivity contribution in [3.05, 3.63) is 53.6 Å². The first-order valence-electron chi connectivity index (χ1n) is 8.46. The van der Waals surface area contributed by atoms with E-state index >= 15 is 0 Å². The Balaban J connectivity index is 1.55. The molecular weight excluding hydrogens is 318 g/mol. The van der Waals surface area contributed by atoms with Gasteiger partial charge in [-0.1, -0.05) is 30.3 Å². The van der Waals surface area contributed by atoms with Gasteiger partial charge in [-0.3, -0.25) is 9.59 Å².